The van der Waals surface area contributed by atoms with E-state index in [4.69, 9.17) is 15.0 Å². The van der Waals surface area contributed by atoms with Gasteiger partial charge in [-0.2, -0.15) is 0 Å². The molecule has 3 nitrogen and oxygen atoms in total. The summed E-state index contributed by atoms with van der Waals surface area (Å²) >= 11 is 1.81. The van der Waals surface area contributed by atoms with Gasteiger partial charge in [-0.15, -0.1) is 11.3 Å². The summed E-state index contributed by atoms with van der Waals surface area (Å²) in [6.45, 7) is 0. The first kappa shape index (κ1) is 26.3. The second-order valence-electron chi connectivity index (χ2n) is 12.0. The molecule has 47 heavy (non-hydrogen) atoms. The second kappa shape index (κ2) is 10.3. The molecule has 4 heteroatoms. The van der Waals surface area contributed by atoms with Crippen LogP contribution >= 0.6 is 11.3 Å². The highest BCUT2D eigenvalue weighted by Crippen LogP contribution is 2.41. The van der Waals surface area contributed by atoms with Crippen molar-refractivity contribution < 1.29 is 0 Å². The van der Waals surface area contributed by atoms with Gasteiger partial charge in [0.15, 0.2) is 17.5 Å². The van der Waals surface area contributed by atoms with E-state index in [0.717, 1.165) is 27.5 Å². The molecule has 0 saturated carbocycles. The van der Waals surface area contributed by atoms with Crippen LogP contribution in [0.15, 0.2) is 152 Å². The molecule has 0 atom stereocenters. The summed E-state index contributed by atoms with van der Waals surface area (Å²) in [5.41, 5.74) is 2.98. The molecule has 2 aromatic heterocycles. The van der Waals surface area contributed by atoms with Crippen molar-refractivity contribution >= 4 is 74.6 Å². The summed E-state index contributed by atoms with van der Waals surface area (Å²) in [5.74, 6) is 2.00. The van der Waals surface area contributed by atoms with Gasteiger partial charge in [-0.25, -0.2) is 15.0 Å². The Bertz CT molecular complexity index is 2870. The molecule has 0 aliphatic carbocycles. The molecule has 0 spiro atoms. The molecule has 2 heterocycles. The maximum Gasteiger partial charge on any atom is 0.164 e. The largest absolute Gasteiger partial charge is 0.208 e. The molecule has 0 amide bonds. The third-order valence-electron chi connectivity index (χ3n) is 9.29. The van der Waals surface area contributed by atoms with Crippen LogP contribution in [0.4, 0.5) is 0 Å². The Morgan fingerprint density at radius 2 is 0.957 bits per heavy atom. The van der Waals surface area contributed by atoms with Crippen LogP contribution in [0.25, 0.3) is 97.4 Å². The summed E-state index contributed by atoms with van der Waals surface area (Å²) in [6, 6.07) is 53.9. The minimum Gasteiger partial charge on any atom is -0.208 e. The highest BCUT2D eigenvalue weighted by molar-refractivity contribution is 7.25. The molecule has 0 aliphatic rings. The van der Waals surface area contributed by atoms with Crippen LogP contribution in [0.3, 0.4) is 0 Å². The number of aromatic nitrogens is 3. The van der Waals surface area contributed by atoms with Gasteiger partial charge >= 0.3 is 0 Å². The SMILES string of the molecule is c1ccc2cc(-c3nc(-c4cc5c6ccccc6ccc5c5ccccc45)nc(-c4cccc5sc6ccccc6c45)n3)ccc2c1. The lowest BCUT2D eigenvalue weighted by Gasteiger charge is -2.14. The summed E-state index contributed by atoms with van der Waals surface area (Å²) in [7, 11) is 0. The molecule has 0 saturated heterocycles. The molecule has 0 N–H and O–H groups in total. The fourth-order valence-electron chi connectivity index (χ4n) is 7.08. The van der Waals surface area contributed by atoms with Gasteiger partial charge < -0.3 is 0 Å². The second-order valence-corrected chi connectivity index (χ2v) is 13.1. The quantitative estimate of drug-likeness (QED) is 0.186. The zero-order valence-corrected chi connectivity index (χ0v) is 26.0. The van der Waals surface area contributed by atoms with Crippen molar-refractivity contribution in [2.24, 2.45) is 0 Å². The monoisotopic (exact) mass is 615 g/mol. The van der Waals surface area contributed by atoms with Gasteiger partial charge in [0.05, 0.1) is 0 Å². The third-order valence-corrected chi connectivity index (χ3v) is 10.4. The first-order valence-electron chi connectivity index (χ1n) is 15.8. The Hall–Kier alpha value is -5.97. The van der Waals surface area contributed by atoms with Crippen LogP contribution in [-0.2, 0) is 0 Å². The van der Waals surface area contributed by atoms with Crippen molar-refractivity contribution in [3.63, 3.8) is 0 Å². The number of hydrogen-bond donors (Lipinski definition) is 0. The fourth-order valence-corrected chi connectivity index (χ4v) is 8.21. The first-order valence-corrected chi connectivity index (χ1v) is 16.6. The van der Waals surface area contributed by atoms with Crippen molar-refractivity contribution in [1.29, 1.82) is 0 Å². The van der Waals surface area contributed by atoms with Gasteiger partial charge in [0.2, 0.25) is 0 Å². The molecule has 0 radical (unpaired) electrons. The van der Waals surface area contributed by atoms with Crippen molar-refractivity contribution in [3.05, 3.63) is 152 Å². The Labute approximate surface area is 274 Å². The molecule has 0 aliphatic heterocycles. The Morgan fingerprint density at radius 3 is 1.83 bits per heavy atom. The normalized spacial score (nSPS) is 11.8. The van der Waals surface area contributed by atoms with E-state index in [1.54, 1.807) is 11.3 Å². The number of nitrogens with zero attached hydrogens (tertiary/aromatic N) is 3. The highest BCUT2D eigenvalue weighted by Gasteiger charge is 2.19. The lowest BCUT2D eigenvalue weighted by Crippen LogP contribution is -2.01. The van der Waals surface area contributed by atoms with E-state index in [-0.39, 0.29) is 0 Å². The van der Waals surface area contributed by atoms with E-state index in [2.05, 4.69) is 152 Å². The van der Waals surface area contributed by atoms with Crippen molar-refractivity contribution in [3.8, 4) is 34.2 Å². The minimum absolute atomic E-state index is 0.661. The number of hydrogen-bond acceptors (Lipinski definition) is 4. The predicted octanol–water partition coefficient (Wildman–Crippen LogP) is 11.9. The maximum atomic E-state index is 5.32. The van der Waals surface area contributed by atoms with Crippen molar-refractivity contribution in [2.75, 3.05) is 0 Å². The van der Waals surface area contributed by atoms with Crippen LogP contribution in [0.5, 0.6) is 0 Å². The van der Waals surface area contributed by atoms with Crippen LogP contribution in [0, 0.1) is 0 Å². The van der Waals surface area contributed by atoms with Crippen LogP contribution in [-0.4, -0.2) is 15.0 Å². The van der Waals surface area contributed by atoms with E-state index < -0.39 is 0 Å². The molecule has 10 aromatic rings. The van der Waals surface area contributed by atoms with E-state index in [1.165, 1.54) is 52.5 Å². The molecule has 0 bridgehead atoms. The topological polar surface area (TPSA) is 38.7 Å². The summed E-state index contributed by atoms with van der Waals surface area (Å²) < 4.78 is 2.48. The highest BCUT2D eigenvalue weighted by atomic mass is 32.1. The standard InChI is InChI=1S/C43H25N3S/c1-2-12-28-24-29(21-20-26(28)10-1)41-44-42(35-17-9-19-39-40(35)34-16-7-8-18-38(34)47-39)46-43(45-41)37-25-36-30-13-4-3-11-27(30)22-23-33(36)31-14-5-6-15-32(31)37/h1-25H. The van der Waals surface area contributed by atoms with Gasteiger partial charge in [-0.1, -0.05) is 127 Å². The molecule has 218 valence electrons. The van der Waals surface area contributed by atoms with E-state index in [1.807, 2.05) is 0 Å². The van der Waals surface area contributed by atoms with Crippen LogP contribution in [0.2, 0.25) is 0 Å². The van der Waals surface area contributed by atoms with Crippen molar-refractivity contribution in [2.45, 2.75) is 0 Å². The van der Waals surface area contributed by atoms with E-state index in [0.29, 0.717) is 17.5 Å². The summed E-state index contributed by atoms with van der Waals surface area (Å²) in [4.78, 5) is 15.8. The summed E-state index contributed by atoms with van der Waals surface area (Å²) in [6.07, 6.45) is 0. The maximum absolute atomic E-state index is 5.32. The number of thiophene rings is 1. The predicted molar refractivity (Wildman–Crippen MR) is 199 cm³/mol. The molecule has 8 aromatic carbocycles. The van der Waals surface area contributed by atoms with E-state index >= 15 is 0 Å². The van der Waals surface area contributed by atoms with Crippen molar-refractivity contribution in [1.82, 2.24) is 15.0 Å². The van der Waals surface area contributed by atoms with Gasteiger partial charge in [0.1, 0.15) is 0 Å². The Kier molecular flexibility index (Phi) is 5.74. The van der Waals surface area contributed by atoms with Gasteiger partial charge in [0.25, 0.3) is 0 Å². The van der Waals surface area contributed by atoms with Gasteiger partial charge in [-0.05, 0) is 67.4 Å². The number of fused-ring (bicyclic) bond motifs is 9. The fraction of sp³-hybridized carbons (Fsp3) is 0. The number of benzene rings is 8. The Balaban J connectivity index is 1.31. The average Bonchev–Trinajstić information content (AvgIpc) is 3.53. The van der Waals surface area contributed by atoms with Gasteiger partial charge in [-0.3, -0.25) is 0 Å². The summed E-state index contributed by atoms with van der Waals surface area (Å²) in [5, 5.41) is 11.9. The molecular weight excluding hydrogens is 591 g/mol. The molecular formula is C43H25N3S. The molecule has 10 rings (SSSR count). The zero-order valence-electron chi connectivity index (χ0n) is 25.2. The smallest absolute Gasteiger partial charge is 0.164 e. The number of rotatable bonds is 3. The lowest BCUT2D eigenvalue weighted by molar-refractivity contribution is 1.08. The average molecular weight is 616 g/mol. The minimum atomic E-state index is 0.661. The van der Waals surface area contributed by atoms with Crippen LogP contribution < -0.4 is 0 Å². The molecule has 0 unspecified atom stereocenters. The molecule has 0 fully saturated rings. The van der Waals surface area contributed by atoms with E-state index in [9.17, 15) is 0 Å². The van der Waals surface area contributed by atoms with Gasteiger partial charge in [0, 0.05) is 36.9 Å². The third kappa shape index (κ3) is 4.16. The Morgan fingerprint density at radius 1 is 0.340 bits per heavy atom. The first-order chi connectivity index (χ1) is 23.3. The zero-order chi connectivity index (χ0) is 30.9. The lowest BCUT2D eigenvalue weighted by atomic mass is 9.93. The van der Waals surface area contributed by atoms with Crippen LogP contribution in [0.1, 0.15) is 0 Å².